The third-order valence-electron chi connectivity index (χ3n) is 1.42. The third-order valence-corrected chi connectivity index (χ3v) is 1.86. The molecule has 0 aliphatic carbocycles. The molecule has 0 bridgehead atoms. The van der Waals surface area contributed by atoms with E-state index in [4.69, 9.17) is 5.02 Å². The molecule has 0 aliphatic rings. The van der Waals surface area contributed by atoms with Gasteiger partial charge in [-0.25, -0.2) is 4.98 Å². The zero-order chi connectivity index (χ0) is 10.4. The Bertz CT molecular complexity index is 359. The molecule has 0 saturated heterocycles. The van der Waals surface area contributed by atoms with Crippen molar-refractivity contribution >= 4 is 23.0 Å². The van der Waals surface area contributed by atoms with Crippen molar-refractivity contribution < 1.29 is 5.02 Å². The van der Waals surface area contributed by atoms with Crippen molar-refractivity contribution in [2.75, 3.05) is 6.54 Å². The summed E-state index contributed by atoms with van der Waals surface area (Å²) in [6, 6.07) is 5.56. The van der Waals surface area contributed by atoms with Gasteiger partial charge in [-0.3, -0.25) is 0 Å². The number of hydrogen-bond donors (Lipinski definition) is 2. The van der Waals surface area contributed by atoms with Crippen LogP contribution in [-0.2, 0) is 0 Å². The van der Waals surface area contributed by atoms with Gasteiger partial charge >= 0.3 is 7.05 Å². The second-order valence-electron chi connectivity index (χ2n) is 2.70. The van der Waals surface area contributed by atoms with E-state index < -0.39 is 7.05 Å². The van der Waals surface area contributed by atoms with Crippen LogP contribution in [0.4, 0.5) is 0 Å². The van der Waals surface area contributed by atoms with Crippen LogP contribution in [0, 0.1) is 11.8 Å². The van der Waals surface area contributed by atoms with Gasteiger partial charge in [-0.1, -0.05) is 12.0 Å². The summed E-state index contributed by atoms with van der Waals surface area (Å²) in [5.41, 5.74) is 0.715. The third kappa shape index (κ3) is 4.42. The molecular formula is C9H10BBrN2O. The summed E-state index contributed by atoms with van der Waals surface area (Å²) in [4.78, 5) is 4.14. The van der Waals surface area contributed by atoms with E-state index in [2.05, 4.69) is 38.0 Å². The van der Waals surface area contributed by atoms with E-state index in [0.717, 1.165) is 4.60 Å². The van der Waals surface area contributed by atoms with Crippen LogP contribution in [0.5, 0.6) is 0 Å². The summed E-state index contributed by atoms with van der Waals surface area (Å²) in [6.45, 7) is 2.10. The van der Waals surface area contributed by atoms with Gasteiger partial charge in [0.1, 0.15) is 10.3 Å². The lowest BCUT2D eigenvalue weighted by molar-refractivity contribution is 0.561. The molecule has 3 nitrogen and oxygen atoms in total. The van der Waals surface area contributed by atoms with Gasteiger partial charge in [-0.2, -0.15) is 0 Å². The summed E-state index contributed by atoms with van der Waals surface area (Å²) in [7, 11) is -0.528. The SMILES string of the molecule is CB(O)NCC#Cc1cccc(Br)n1. The van der Waals surface area contributed by atoms with E-state index >= 15 is 0 Å². The maximum Gasteiger partial charge on any atom is 0.374 e. The highest BCUT2D eigenvalue weighted by Gasteiger charge is 1.96. The first-order valence-corrected chi connectivity index (χ1v) is 5.00. The number of hydrogen-bond acceptors (Lipinski definition) is 3. The average molecular weight is 253 g/mol. The summed E-state index contributed by atoms with van der Waals surface area (Å²) < 4.78 is 0.771. The van der Waals surface area contributed by atoms with Crippen LogP contribution in [0.1, 0.15) is 5.69 Å². The van der Waals surface area contributed by atoms with Crippen molar-refractivity contribution in [3.8, 4) is 11.8 Å². The molecule has 0 fully saturated rings. The summed E-state index contributed by atoms with van der Waals surface area (Å²) in [6.07, 6.45) is 0. The lowest BCUT2D eigenvalue weighted by atomic mass is 9.89. The van der Waals surface area contributed by atoms with E-state index in [1.807, 2.05) is 18.2 Å². The molecule has 72 valence electrons. The maximum atomic E-state index is 8.89. The van der Waals surface area contributed by atoms with Gasteiger partial charge in [0, 0.05) is 0 Å². The summed E-state index contributed by atoms with van der Waals surface area (Å²) in [5.74, 6) is 5.73. The molecule has 1 rings (SSSR count). The van der Waals surface area contributed by atoms with E-state index in [1.54, 1.807) is 6.82 Å². The van der Waals surface area contributed by atoms with Crippen LogP contribution in [0.2, 0.25) is 6.82 Å². The smallest absolute Gasteiger partial charge is 0.374 e. The highest BCUT2D eigenvalue weighted by molar-refractivity contribution is 9.10. The Morgan fingerprint density at radius 1 is 1.64 bits per heavy atom. The zero-order valence-electron chi connectivity index (χ0n) is 7.79. The Morgan fingerprint density at radius 2 is 2.43 bits per heavy atom. The largest absolute Gasteiger partial charge is 0.437 e. The first-order valence-electron chi connectivity index (χ1n) is 4.21. The molecule has 0 atom stereocenters. The minimum absolute atomic E-state index is 0.450. The van der Waals surface area contributed by atoms with Crippen LogP contribution < -0.4 is 5.23 Å². The fraction of sp³-hybridized carbons (Fsp3) is 0.222. The Labute approximate surface area is 92.2 Å². The molecule has 14 heavy (non-hydrogen) atoms. The molecule has 0 aromatic carbocycles. The predicted octanol–water partition coefficient (Wildman–Crippen LogP) is 0.895. The van der Waals surface area contributed by atoms with Crippen LogP contribution in [0.3, 0.4) is 0 Å². The molecule has 0 radical (unpaired) electrons. The molecule has 1 aromatic rings. The first kappa shape index (κ1) is 11.3. The fourth-order valence-electron chi connectivity index (χ4n) is 0.811. The summed E-state index contributed by atoms with van der Waals surface area (Å²) >= 11 is 3.26. The van der Waals surface area contributed by atoms with Crippen molar-refractivity contribution in [3.05, 3.63) is 28.5 Å². The van der Waals surface area contributed by atoms with Gasteiger partial charge < -0.3 is 10.3 Å². The van der Waals surface area contributed by atoms with Crippen LogP contribution in [-0.4, -0.2) is 23.6 Å². The first-order chi connectivity index (χ1) is 6.68. The van der Waals surface area contributed by atoms with Crippen LogP contribution in [0.15, 0.2) is 22.8 Å². The minimum Gasteiger partial charge on any atom is -0.437 e. The fourth-order valence-corrected chi connectivity index (χ4v) is 1.16. The Hall–Kier alpha value is -0.825. The standard InChI is InChI=1S/C9H10BBrN2O/c1-10(14)12-7-3-5-8-4-2-6-9(11)13-8/h2,4,6,12,14H,7H2,1H3. The molecule has 0 unspecified atom stereocenters. The Morgan fingerprint density at radius 3 is 3.07 bits per heavy atom. The van der Waals surface area contributed by atoms with Gasteiger partial charge in [-0.05, 0) is 40.8 Å². The van der Waals surface area contributed by atoms with Gasteiger partial charge in [0.05, 0.1) is 6.54 Å². The molecular weight excluding hydrogens is 243 g/mol. The monoisotopic (exact) mass is 252 g/mol. The predicted molar refractivity (Wildman–Crippen MR) is 60.7 cm³/mol. The normalized spacial score (nSPS) is 9.07. The van der Waals surface area contributed by atoms with Crippen LogP contribution >= 0.6 is 15.9 Å². The second-order valence-corrected chi connectivity index (χ2v) is 3.52. The van der Waals surface area contributed by atoms with E-state index in [-0.39, 0.29) is 0 Å². The minimum atomic E-state index is -0.528. The van der Waals surface area contributed by atoms with Gasteiger partial charge in [0.2, 0.25) is 0 Å². The van der Waals surface area contributed by atoms with Crippen molar-refractivity contribution in [1.82, 2.24) is 10.2 Å². The van der Waals surface area contributed by atoms with Crippen molar-refractivity contribution in [1.29, 1.82) is 0 Å². The van der Waals surface area contributed by atoms with Crippen molar-refractivity contribution in [2.45, 2.75) is 6.82 Å². The van der Waals surface area contributed by atoms with Crippen molar-refractivity contribution in [3.63, 3.8) is 0 Å². The maximum absolute atomic E-state index is 8.89. The molecule has 0 amide bonds. The zero-order valence-corrected chi connectivity index (χ0v) is 9.37. The molecule has 0 aliphatic heterocycles. The lowest BCUT2D eigenvalue weighted by Crippen LogP contribution is -2.30. The van der Waals surface area contributed by atoms with E-state index in [1.165, 1.54) is 0 Å². The molecule has 1 heterocycles. The topological polar surface area (TPSA) is 45.1 Å². The van der Waals surface area contributed by atoms with Gasteiger partial charge in [0.15, 0.2) is 0 Å². The van der Waals surface area contributed by atoms with Gasteiger partial charge in [-0.15, -0.1) is 0 Å². The Balaban J connectivity index is 2.51. The number of aromatic nitrogens is 1. The molecule has 0 spiro atoms. The van der Waals surface area contributed by atoms with Crippen molar-refractivity contribution in [2.24, 2.45) is 0 Å². The Kier molecular flexibility index (Phi) is 4.67. The number of pyridine rings is 1. The van der Waals surface area contributed by atoms with Crippen LogP contribution in [0.25, 0.3) is 0 Å². The number of rotatable bonds is 2. The second kappa shape index (κ2) is 5.81. The quantitative estimate of drug-likeness (QED) is 0.467. The molecule has 1 aromatic heterocycles. The number of nitrogens with zero attached hydrogens (tertiary/aromatic N) is 1. The number of nitrogens with one attached hydrogen (secondary N) is 1. The highest BCUT2D eigenvalue weighted by atomic mass is 79.9. The number of halogens is 1. The molecule has 5 heteroatoms. The average Bonchev–Trinajstić information content (AvgIpc) is 2.12. The highest BCUT2D eigenvalue weighted by Crippen LogP contribution is 2.04. The molecule has 2 N–H and O–H groups in total. The van der Waals surface area contributed by atoms with Gasteiger partial charge in [0.25, 0.3) is 0 Å². The summed E-state index contributed by atoms with van der Waals surface area (Å²) in [5, 5.41) is 11.7. The lowest BCUT2D eigenvalue weighted by Gasteiger charge is -1.95. The molecule has 0 saturated carbocycles. The van der Waals surface area contributed by atoms with E-state index in [9.17, 15) is 0 Å². The van der Waals surface area contributed by atoms with E-state index in [0.29, 0.717) is 12.2 Å².